The number of likely N-dealkylation sites (tertiary alicyclic amines) is 3. The largest absolute Gasteiger partial charge is 0.448 e. The minimum absolute atomic E-state index is 0.0352. The number of nitrogens with one attached hydrogen (secondary N) is 11. The molecule has 798 valence electrons. The first-order valence-corrected chi connectivity index (χ1v) is 50.9. The molecule has 39 heteroatoms. The summed E-state index contributed by atoms with van der Waals surface area (Å²) in [6.07, 6.45) is 5.65. The lowest BCUT2D eigenvalue weighted by molar-refractivity contribution is -0.145. The van der Waals surface area contributed by atoms with E-state index < -0.39 is 223 Å². The molecule has 4 aliphatic carbocycles. The van der Waals surface area contributed by atoms with Crippen molar-refractivity contribution < 1.29 is 101 Å². The third-order valence-electron chi connectivity index (χ3n) is 31.1. The van der Waals surface area contributed by atoms with E-state index in [1.165, 1.54) is 27.8 Å². The minimum atomic E-state index is -1.14. The maximum absolute atomic E-state index is 14.4. The van der Waals surface area contributed by atoms with Crippen molar-refractivity contribution in [3.8, 4) is 0 Å². The number of ketones is 3. The van der Waals surface area contributed by atoms with E-state index >= 15 is 0 Å². The van der Waals surface area contributed by atoms with E-state index in [0.717, 1.165) is 29.1 Å². The van der Waals surface area contributed by atoms with E-state index in [4.69, 9.17) is 10.5 Å². The number of cyclic esters (lactones) is 1. The number of hydrogen-bond donors (Lipinski definition) is 12. The molecule has 10 aliphatic rings. The summed E-state index contributed by atoms with van der Waals surface area (Å²) in [5.41, 5.74) is 1.99. The topological polar surface area (TPSA) is 528 Å². The number of ether oxygens (including phenoxy) is 1. The third-order valence-corrected chi connectivity index (χ3v) is 31.1. The van der Waals surface area contributed by atoms with E-state index in [1.807, 2.05) is 132 Å². The molecule has 20 amide bonds. The van der Waals surface area contributed by atoms with E-state index in [9.17, 15) is 95.9 Å². The second-order valence-corrected chi connectivity index (χ2v) is 49.1. The maximum Gasteiger partial charge on any atom is 0.410 e. The number of urea groups is 3. The normalized spacial score (nSPS) is 23.6. The molecule has 2 aromatic rings. The lowest BCUT2D eigenvalue weighted by Gasteiger charge is -2.39. The van der Waals surface area contributed by atoms with Gasteiger partial charge < -0.3 is 88.6 Å². The highest BCUT2D eigenvalue weighted by atomic mass is 16.6. The molecule has 12 rings (SSSR count). The number of Topliss-reactive ketones (excluding diaryl/α,β-unsaturated/α-hetero) is 3. The van der Waals surface area contributed by atoms with Gasteiger partial charge in [-0.25, -0.2) is 19.2 Å². The Morgan fingerprint density at radius 2 is 0.759 bits per heavy atom. The van der Waals surface area contributed by atoms with E-state index in [0.29, 0.717) is 67.8 Å². The molecule has 4 saturated carbocycles. The molecule has 145 heavy (non-hydrogen) atoms. The average Bonchev–Trinajstić information content (AvgIpc) is 1.53. The molecule has 3 unspecified atom stereocenters. The standard InChI is InChI=1S/C37H52N6O7.C35H50N6O7.C34H56N6O7/c1-35(2,3)24(18-43-31(47)20-12-10-11-13-21(20)32(43)48)40-34(50)41-28(36(4,5)6)33(49)42-17-22-25(37(22,7)8)26(42)29(45)39-23(16-19-14-15-19)27(44)30(46)38-9;1-10-13-21(25(42)27(36)43)37-28(44)24-23-20(35(23,8)9)16-40(24)31(47)26(34(5,6)7)39-32(48)38-22(33(2,3)4)17-41-29(45)18-14-11-12-15-19(18)30(41)46;1-11-13-14-21(25(41)28(43)35-15-12-2)36-27(42)24-23-20(34(23,9)10)18-40(24)29(44)26(33(6,7)8)38-30(45)37-22(32(3,4)5)19-39-16-17-47-31(39)46/h10-13,19,22-26,28H,14-18H2,1-9H3,(H,38,46)(H,39,45)(H2,40,41,50);11-12,14-15,20-24,26H,10,13,16-17H2,1-9H3,(H2,36,43)(H,37,44)(H2,38,39,48);12,20-24,26H,2,11,13-19H2,1,3-10H3,(H,35,43)(H,36,42)(H2,37,38,45)/t22-,23?,24+,25-,26-,28+;2*20-,21?,22+,23-,24-,26+/m000/s1. The first kappa shape index (κ1) is 115. The highest BCUT2D eigenvalue weighted by Gasteiger charge is 2.73. The molecule has 4 saturated heterocycles. The molecule has 0 aromatic heterocycles. The summed E-state index contributed by atoms with van der Waals surface area (Å²) in [5.74, 6) is -9.63. The second kappa shape index (κ2) is 43.8. The maximum atomic E-state index is 14.4. The van der Waals surface area contributed by atoms with Crippen molar-refractivity contribution in [2.24, 2.45) is 95.9 Å². The van der Waals surface area contributed by atoms with Crippen molar-refractivity contribution in [1.29, 1.82) is 0 Å². The number of hydrogen-bond acceptors (Lipinski definition) is 21. The summed E-state index contributed by atoms with van der Waals surface area (Å²) in [4.78, 5) is 274. The van der Waals surface area contributed by atoms with E-state index in [2.05, 4.69) is 92.8 Å². The van der Waals surface area contributed by atoms with Crippen LogP contribution < -0.4 is 64.2 Å². The number of amides is 20. The number of unbranched alkanes of at least 4 members (excludes halogenated alkanes) is 1. The molecule has 6 heterocycles. The number of imide groups is 2. The summed E-state index contributed by atoms with van der Waals surface area (Å²) < 4.78 is 5.05. The van der Waals surface area contributed by atoms with Crippen LogP contribution >= 0.6 is 0 Å². The summed E-state index contributed by atoms with van der Waals surface area (Å²) in [5, 5.41) is 30.5. The third kappa shape index (κ3) is 25.7. The SMILES string of the molecule is C=CCNC(=O)C(=O)C(CCCC)NC(=O)[C@@H]1[C@@H]2[C@H](CN1C(=O)[C@@H](NC(=O)N[C@H](CN1CCOC1=O)C(C)(C)C)C(C)(C)C)C2(C)C.CCCC(NC(=O)[C@@H]1[C@@H]2[C@H](CN1C(=O)[C@@H](NC(=O)N[C@H](CN1C(=O)c3ccccc3C1=O)C(C)(C)C)C(C)(C)C)C2(C)C)C(=O)C(N)=O.CNC(=O)C(=O)C(CC1CC1)NC(=O)[C@@H]1[C@@H]2[C@H](CN1C(=O)[C@@H](NC(=O)N[C@H](CN1C(=O)c3ccccc3C1=O)C(C)(C)C)C(C)(C)C)C2(C)C. The molecule has 2 aromatic carbocycles. The lowest BCUT2D eigenvalue weighted by Crippen LogP contribution is -2.63. The van der Waals surface area contributed by atoms with E-state index in [1.54, 1.807) is 74.2 Å². The minimum Gasteiger partial charge on any atom is -0.448 e. The second-order valence-electron chi connectivity index (χ2n) is 49.1. The number of carbonyl (C=O) groups is 20. The molecule has 13 N–H and O–H groups in total. The zero-order valence-electron chi connectivity index (χ0n) is 89.7. The number of fused-ring (bicyclic) bond motifs is 5. The number of rotatable bonds is 36. The summed E-state index contributed by atoms with van der Waals surface area (Å²) in [6, 6.07) is 0.610. The van der Waals surface area contributed by atoms with Gasteiger partial charge in [-0.15, -0.1) is 6.58 Å². The van der Waals surface area contributed by atoms with Crippen LogP contribution in [-0.4, -0.2) is 286 Å². The van der Waals surface area contributed by atoms with Crippen LogP contribution in [0.15, 0.2) is 61.2 Å². The molecule has 0 spiro atoms. The number of nitrogens with two attached hydrogens (primary N) is 1. The van der Waals surface area contributed by atoms with Crippen LogP contribution in [0, 0.1) is 90.2 Å². The average molecular weight is 2020 g/mol. The van der Waals surface area contributed by atoms with Crippen molar-refractivity contribution in [1.82, 2.24) is 87.9 Å². The Kier molecular flexibility index (Phi) is 34.7. The molecule has 8 fully saturated rings. The fraction of sp³-hybridized carbons (Fsp3) is 0.679. The Morgan fingerprint density at radius 1 is 0.434 bits per heavy atom. The van der Waals surface area contributed by atoms with Gasteiger partial charge in [-0.1, -0.05) is 242 Å². The molecule has 0 bridgehead atoms. The molecular weight excluding hydrogens is 1860 g/mol. The van der Waals surface area contributed by atoms with Crippen LogP contribution in [0.2, 0.25) is 0 Å². The fourth-order valence-electron chi connectivity index (χ4n) is 21.3. The zero-order valence-corrected chi connectivity index (χ0v) is 89.7. The van der Waals surface area contributed by atoms with Gasteiger partial charge in [0.05, 0.1) is 78.1 Å². The summed E-state index contributed by atoms with van der Waals surface area (Å²) >= 11 is 0. The van der Waals surface area contributed by atoms with Crippen LogP contribution in [-0.2, 0) is 62.3 Å². The Bertz CT molecular complexity index is 5320. The van der Waals surface area contributed by atoms with Gasteiger partial charge in [-0.05, 0) is 134 Å². The highest BCUT2D eigenvalue weighted by Crippen LogP contribution is 2.67. The molecule has 0 radical (unpaired) electrons. The van der Waals surface area contributed by atoms with Gasteiger partial charge in [-0.2, -0.15) is 0 Å². The number of carbonyl (C=O) groups excluding carboxylic acids is 20. The monoisotopic (exact) mass is 2020 g/mol. The van der Waals surface area contributed by atoms with Gasteiger partial charge in [-0.3, -0.25) is 86.5 Å². The van der Waals surface area contributed by atoms with Crippen molar-refractivity contribution in [2.75, 3.05) is 66.0 Å². The van der Waals surface area contributed by atoms with Crippen molar-refractivity contribution in [2.45, 2.75) is 304 Å². The smallest absolute Gasteiger partial charge is 0.410 e. The van der Waals surface area contributed by atoms with Crippen molar-refractivity contribution in [3.05, 3.63) is 83.4 Å². The molecule has 18 atom stereocenters. The van der Waals surface area contributed by atoms with Crippen LogP contribution in [0.4, 0.5) is 19.2 Å². The van der Waals surface area contributed by atoms with Gasteiger partial charge in [0.1, 0.15) is 42.9 Å². The Labute approximate surface area is 851 Å². The van der Waals surface area contributed by atoms with Crippen molar-refractivity contribution in [3.63, 3.8) is 0 Å². The summed E-state index contributed by atoms with van der Waals surface area (Å²) in [6.45, 7) is 55.0. The van der Waals surface area contributed by atoms with Gasteiger partial charge in [0, 0.05) is 39.8 Å². The van der Waals surface area contributed by atoms with Gasteiger partial charge in [0.15, 0.2) is 0 Å². The van der Waals surface area contributed by atoms with Gasteiger partial charge in [0.25, 0.3) is 41.4 Å². The van der Waals surface area contributed by atoms with Crippen LogP contribution in [0.1, 0.15) is 273 Å². The fourth-order valence-corrected chi connectivity index (χ4v) is 21.3. The Hall–Kier alpha value is -12.2. The molecule has 39 nitrogen and oxygen atoms in total. The Balaban J connectivity index is 0.000000223. The summed E-state index contributed by atoms with van der Waals surface area (Å²) in [7, 11) is 1.37. The predicted octanol–water partition coefficient (Wildman–Crippen LogP) is 7.32. The van der Waals surface area contributed by atoms with Crippen LogP contribution in [0.3, 0.4) is 0 Å². The predicted molar refractivity (Wildman–Crippen MR) is 539 cm³/mol. The number of nitrogens with zero attached hydrogens (tertiary/aromatic N) is 6. The quantitative estimate of drug-likeness (QED) is 0.0180. The zero-order chi connectivity index (χ0) is 109. The molecule has 6 aliphatic heterocycles. The van der Waals surface area contributed by atoms with Crippen molar-refractivity contribution >= 4 is 118 Å². The number of piperidine rings is 3. The highest BCUT2D eigenvalue weighted by molar-refractivity contribution is 6.39. The number of likely N-dealkylation sites (N-methyl/N-ethyl adjacent to an activating group) is 1. The lowest BCUT2D eigenvalue weighted by atomic mass is 9.84. The van der Waals surface area contributed by atoms with Gasteiger partial charge >= 0.3 is 24.2 Å². The Morgan fingerprint density at radius 3 is 1.04 bits per heavy atom. The first-order valence-electron chi connectivity index (χ1n) is 50.9. The number of primary amides is 1. The first-order chi connectivity index (χ1) is 67.0. The molecular formula is C106H158N18O21. The van der Waals surface area contributed by atoms with Crippen LogP contribution in [0.5, 0.6) is 0 Å². The van der Waals surface area contributed by atoms with Gasteiger partial charge in [0.2, 0.25) is 52.8 Å². The van der Waals surface area contributed by atoms with E-state index in [-0.39, 0.29) is 103 Å². The number of benzene rings is 2. The van der Waals surface area contributed by atoms with Crippen LogP contribution in [0.25, 0.3) is 0 Å².